The first-order chi connectivity index (χ1) is 8.08. The van der Waals surface area contributed by atoms with Gasteiger partial charge in [-0.3, -0.25) is 5.43 Å². The van der Waals surface area contributed by atoms with Crippen LogP contribution in [0, 0.1) is 0 Å². The number of carboxylic acid groups (broad SMARTS) is 1. The standard InChI is InChI=1S/C11H17N3O2S/c1-7-4-3-5-8(2)14(7)13-11-12-6-9(17-11)10(15)16/h6-8H,3-5H2,1-2H3,(H,12,13)(H,15,16). The van der Waals surface area contributed by atoms with Crippen molar-refractivity contribution in [3.63, 3.8) is 0 Å². The summed E-state index contributed by atoms with van der Waals surface area (Å²) in [7, 11) is 0. The molecule has 1 saturated heterocycles. The summed E-state index contributed by atoms with van der Waals surface area (Å²) < 4.78 is 0. The van der Waals surface area contributed by atoms with Gasteiger partial charge in [0.25, 0.3) is 0 Å². The quantitative estimate of drug-likeness (QED) is 0.868. The number of nitrogens with one attached hydrogen (secondary N) is 1. The minimum atomic E-state index is -0.921. The minimum absolute atomic E-state index is 0.268. The van der Waals surface area contributed by atoms with Crippen molar-refractivity contribution < 1.29 is 9.90 Å². The number of carboxylic acids is 1. The van der Waals surface area contributed by atoms with Crippen LogP contribution in [0.25, 0.3) is 0 Å². The molecule has 2 heterocycles. The molecule has 94 valence electrons. The topological polar surface area (TPSA) is 65.5 Å². The summed E-state index contributed by atoms with van der Waals surface area (Å²) in [4.78, 5) is 15.1. The van der Waals surface area contributed by atoms with Gasteiger partial charge in [0.1, 0.15) is 4.88 Å². The van der Waals surface area contributed by atoms with Crippen LogP contribution in [0.4, 0.5) is 5.13 Å². The van der Waals surface area contributed by atoms with Crippen LogP contribution in [0.15, 0.2) is 6.20 Å². The zero-order valence-electron chi connectivity index (χ0n) is 10.0. The Morgan fingerprint density at radius 1 is 1.53 bits per heavy atom. The van der Waals surface area contributed by atoms with E-state index in [2.05, 4.69) is 29.3 Å². The molecular weight excluding hydrogens is 238 g/mol. The monoisotopic (exact) mass is 255 g/mol. The zero-order chi connectivity index (χ0) is 12.4. The van der Waals surface area contributed by atoms with Crippen LogP contribution in [-0.4, -0.2) is 33.2 Å². The first kappa shape index (κ1) is 12.3. The second-order valence-corrected chi connectivity index (χ2v) is 5.51. The van der Waals surface area contributed by atoms with Crippen molar-refractivity contribution in [2.24, 2.45) is 0 Å². The average molecular weight is 255 g/mol. The number of carbonyl (C=O) groups is 1. The molecule has 5 nitrogen and oxygen atoms in total. The molecule has 17 heavy (non-hydrogen) atoms. The fourth-order valence-corrected chi connectivity index (χ4v) is 2.83. The van der Waals surface area contributed by atoms with Gasteiger partial charge in [0.2, 0.25) is 0 Å². The van der Waals surface area contributed by atoms with E-state index in [4.69, 9.17) is 5.11 Å². The molecule has 1 aliphatic heterocycles. The number of aromatic nitrogens is 1. The van der Waals surface area contributed by atoms with Gasteiger partial charge in [0.15, 0.2) is 5.13 Å². The molecule has 0 spiro atoms. The maximum atomic E-state index is 10.8. The highest BCUT2D eigenvalue weighted by atomic mass is 32.1. The van der Waals surface area contributed by atoms with Crippen molar-refractivity contribution in [2.45, 2.75) is 45.2 Å². The van der Waals surface area contributed by atoms with E-state index >= 15 is 0 Å². The number of hydrogen-bond donors (Lipinski definition) is 2. The van der Waals surface area contributed by atoms with E-state index in [9.17, 15) is 4.79 Å². The highest BCUT2D eigenvalue weighted by Crippen LogP contribution is 2.25. The number of rotatable bonds is 3. The highest BCUT2D eigenvalue weighted by Gasteiger charge is 2.25. The molecule has 1 aliphatic rings. The summed E-state index contributed by atoms with van der Waals surface area (Å²) in [5.41, 5.74) is 3.23. The van der Waals surface area contributed by atoms with Crippen LogP contribution in [0.5, 0.6) is 0 Å². The molecule has 2 N–H and O–H groups in total. The lowest BCUT2D eigenvalue weighted by atomic mass is 10.00. The molecule has 1 fully saturated rings. The number of thiazole rings is 1. The van der Waals surface area contributed by atoms with Crippen molar-refractivity contribution in [1.29, 1.82) is 0 Å². The predicted octanol–water partition coefficient (Wildman–Crippen LogP) is 2.43. The molecule has 2 unspecified atom stereocenters. The number of aromatic carboxylic acids is 1. The lowest BCUT2D eigenvalue weighted by Crippen LogP contribution is -2.47. The Labute approximate surface area is 104 Å². The number of hydrazine groups is 1. The first-order valence-corrected chi connectivity index (χ1v) is 6.63. The Morgan fingerprint density at radius 2 is 2.18 bits per heavy atom. The van der Waals surface area contributed by atoms with Crippen LogP contribution in [-0.2, 0) is 0 Å². The van der Waals surface area contributed by atoms with Gasteiger partial charge in [0.05, 0.1) is 6.20 Å². The van der Waals surface area contributed by atoms with Crippen LogP contribution in [0.2, 0.25) is 0 Å². The third-order valence-electron chi connectivity index (χ3n) is 3.13. The first-order valence-electron chi connectivity index (χ1n) is 5.82. The van der Waals surface area contributed by atoms with E-state index in [-0.39, 0.29) is 4.88 Å². The van der Waals surface area contributed by atoms with Crippen molar-refractivity contribution in [3.8, 4) is 0 Å². The number of piperidine rings is 1. The third-order valence-corrected chi connectivity index (χ3v) is 4.02. The third kappa shape index (κ3) is 2.76. The van der Waals surface area contributed by atoms with Crippen LogP contribution < -0.4 is 5.43 Å². The highest BCUT2D eigenvalue weighted by molar-refractivity contribution is 7.17. The molecule has 0 amide bonds. The van der Waals surface area contributed by atoms with Gasteiger partial charge in [-0.05, 0) is 26.7 Å². The maximum absolute atomic E-state index is 10.8. The SMILES string of the molecule is CC1CCCC(C)N1Nc1ncc(C(=O)O)s1. The lowest BCUT2D eigenvalue weighted by molar-refractivity contribution is 0.0702. The Morgan fingerprint density at radius 3 is 2.71 bits per heavy atom. The van der Waals surface area contributed by atoms with E-state index in [0.29, 0.717) is 17.2 Å². The summed E-state index contributed by atoms with van der Waals surface area (Å²) in [6.07, 6.45) is 4.97. The molecule has 0 aromatic carbocycles. The van der Waals surface area contributed by atoms with Gasteiger partial charge >= 0.3 is 5.97 Å². The minimum Gasteiger partial charge on any atom is -0.477 e. The molecule has 0 bridgehead atoms. The maximum Gasteiger partial charge on any atom is 0.347 e. The van der Waals surface area contributed by atoms with E-state index in [1.54, 1.807) is 0 Å². The van der Waals surface area contributed by atoms with Crippen molar-refractivity contribution >= 4 is 22.4 Å². The molecule has 0 saturated carbocycles. The molecular formula is C11H17N3O2S. The van der Waals surface area contributed by atoms with Crippen LogP contribution in [0.3, 0.4) is 0 Å². The molecule has 1 aromatic heterocycles. The number of hydrogen-bond acceptors (Lipinski definition) is 5. The molecule has 0 radical (unpaired) electrons. The van der Waals surface area contributed by atoms with Gasteiger partial charge in [0, 0.05) is 12.1 Å². The predicted molar refractivity (Wildman–Crippen MR) is 67.3 cm³/mol. The fraction of sp³-hybridized carbons (Fsp3) is 0.636. The van der Waals surface area contributed by atoms with Crippen molar-refractivity contribution in [1.82, 2.24) is 9.99 Å². The molecule has 2 atom stereocenters. The molecule has 6 heteroatoms. The van der Waals surface area contributed by atoms with E-state index in [1.807, 2.05) is 0 Å². The molecule has 2 rings (SSSR count). The molecule has 0 aliphatic carbocycles. The Kier molecular flexibility index (Phi) is 3.63. The summed E-state index contributed by atoms with van der Waals surface area (Å²) in [5, 5.41) is 11.7. The van der Waals surface area contributed by atoms with Gasteiger partial charge in [-0.2, -0.15) is 0 Å². The summed E-state index contributed by atoms with van der Waals surface area (Å²) in [6.45, 7) is 4.35. The number of nitrogens with zero attached hydrogens (tertiary/aromatic N) is 2. The number of anilines is 1. The fourth-order valence-electron chi connectivity index (χ4n) is 2.18. The summed E-state index contributed by atoms with van der Waals surface area (Å²) in [6, 6.07) is 0.909. The van der Waals surface area contributed by atoms with Crippen molar-refractivity contribution in [3.05, 3.63) is 11.1 Å². The van der Waals surface area contributed by atoms with E-state index < -0.39 is 5.97 Å². The molecule has 1 aromatic rings. The smallest absolute Gasteiger partial charge is 0.347 e. The largest absolute Gasteiger partial charge is 0.477 e. The van der Waals surface area contributed by atoms with Crippen molar-refractivity contribution in [2.75, 3.05) is 5.43 Å². The van der Waals surface area contributed by atoms with Crippen LogP contribution >= 0.6 is 11.3 Å². The van der Waals surface area contributed by atoms with Crippen LogP contribution in [0.1, 0.15) is 42.8 Å². The Balaban J connectivity index is 2.05. The van der Waals surface area contributed by atoms with Gasteiger partial charge < -0.3 is 5.11 Å². The average Bonchev–Trinajstić information content (AvgIpc) is 2.72. The Hall–Kier alpha value is -1.14. The van der Waals surface area contributed by atoms with Gasteiger partial charge in [-0.15, -0.1) is 0 Å². The van der Waals surface area contributed by atoms with Gasteiger partial charge in [-0.25, -0.2) is 14.8 Å². The van der Waals surface area contributed by atoms with Gasteiger partial charge in [-0.1, -0.05) is 17.8 Å². The zero-order valence-corrected chi connectivity index (χ0v) is 10.8. The second-order valence-electron chi connectivity index (χ2n) is 4.48. The lowest BCUT2D eigenvalue weighted by Gasteiger charge is -2.38. The Bertz CT molecular complexity index is 397. The second kappa shape index (κ2) is 5.01. The summed E-state index contributed by atoms with van der Waals surface area (Å²) >= 11 is 1.18. The van der Waals surface area contributed by atoms with E-state index in [0.717, 1.165) is 12.8 Å². The van der Waals surface area contributed by atoms with E-state index in [1.165, 1.54) is 24.0 Å². The summed E-state index contributed by atoms with van der Waals surface area (Å²) in [5.74, 6) is -0.921. The normalized spacial score (nSPS) is 25.8.